The third-order valence-corrected chi connectivity index (χ3v) is 6.25. The fourth-order valence-electron chi connectivity index (χ4n) is 3.88. The number of hydrogen-bond acceptors (Lipinski definition) is 5. The predicted molar refractivity (Wildman–Crippen MR) is 155 cm³/mol. The minimum Gasteiger partial charge on any atom is -0.390 e. The van der Waals surface area contributed by atoms with Gasteiger partial charge in [-0.1, -0.05) is 33.1 Å². The van der Waals surface area contributed by atoms with Crippen molar-refractivity contribution in [3.63, 3.8) is 0 Å². The number of thiol groups is 1. The van der Waals surface area contributed by atoms with Gasteiger partial charge in [0.15, 0.2) is 0 Å². The van der Waals surface area contributed by atoms with Crippen LogP contribution in [0.1, 0.15) is 36.1 Å². The van der Waals surface area contributed by atoms with E-state index in [1.165, 1.54) is 16.8 Å². The zero-order valence-electron chi connectivity index (χ0n) is 21.4. The fraction of sp³-hybridized carbons (Fsp3) is 0.310. The lowest BCUT2D eigenvalue weighted by atomic mass is 10.0. The molecule has 184 valence electrons. The molecule has 0 saturated heterocycles. The van der Waals surface area contributed by atoms with Gasteiger partial charge in [-0.05, 0) is 72.4 Å². The van der Waals surface area contributed by atoms with E-state index in [0.717, 1.165) is 58.9 Å². The first-order valence-electron chi connectivity index (χ1n) is 12.1. The van der Waals surface area contributed by atoms with E-state index in [1.54, 1.807) is 12.4 Å². The molecule has 6 heteroatoms. The highest BCUT2D eigenvalue weighted by Crippen LogP contribution is 2.31. The molecule has 0 radical (unpaired) electrons. The Morgan fingerprint density at radius 2 is 1.83 bits per heavy atom. The van der Waals surface area contributed by atoms with Crippen molar-refractivity contribution in [3.8, 4) is 0 Å². The second-order valence-electron chi connectivity index (χ2n) is 8.62. The number of anilines is 2. The van der Waals surface area contributed by atoms with Crippen LogP contribution >= 0.6 is 12.6 Å². The van der Waals surface area contributed by atoms with Crippen LogP contribution in [0.25, 0.3) is 5.57 Å². The lowest BCUT2D eigenvalue weighted by molar-refractivity contribution is 0.650. The van der Waals surface area contributed by atoms with Crippen LogP contribution in [0.5, 0.6) is 0 Å². The maximum absolute atomic E-state index is 4.72. The van der Waals surface area contributed by atoms with Crippen LogP contribution in [0, 0.1) is 6.92 Å². The van der Waals surface area contributed by atoms with Gasteiger partial charge in [0.2, 0.25) is 0 Å². The summed E-state index contributed by atoms with van der Waals surface area (Å²) in [4.78, 5) is 7.06. The summed E-state index contributed by atoms with van der Waals surface area (Å²) >= 11 is 4.53. The minimum absolute atomic E-state index is 0.616. The van der Waals surface area contributed by atoms with Gasteiger partial charge < -0.3 is 10.2 Å². The molecule has 0 bridgehead atoms. The highest BCUT2D eigenvalue weighted by molar-refractivity contribution is 7.80. The second-order valence-corrected chi connectivity index (χ2v) is 9.07. The number of likely N-dealkylation sites (N-methyl/N-ethyl adjacent to an activating group) is 1. The number of benzene rings is 2. The van der Waals surface area contributed by atoms with Crippen molar-refractivity contribution in [2.24, 2.45) is 4.99 Å². The Balaban J connectivity index is 1.81. The van der Waals surface area contributed by atoms with Crippen molar-refractivity contribution in [1.82, 2.24) is 15.1 Å². The molecule has 0 saturated carbocycles. The molecule has 1 aromatic heterocycles. The standard InChI is InChI=1S/C29H37N5S/c1-7-24-14-25(8-2)16-28(15-24)34(11-12-35)27-9-10-29(21(3)13-27)31-17-22(4)26-18-32-33(20-26)19-23(5)30-6/h9-10,13-18,20,30,35H,4-5,7-8,11-12,19H2,1-3,6H3/b31-17-. The van der Waals surface area contributed by atoms with Gasteiger partial charge in [0.05, 0.1) is 18.4 Å². The van der Waals surface area contributed by atoms with Gasteiger partial charge >= 0.3 is 0 Å². The van der Waals surface area contributed by atoms with Crippen LogP contribution in [0.15, 0.2) is 72.6 Å². The number of nitrogens with zero attached hydrogens (tertiary/aromatic N) is 4. The topological polar surface area (TPSA) is 45.5 Å². The zero-order valence-corrected chi connectivity index (χ0v) is 22.3. The highest BCUT2D eigenvalue weighted by Gasteiger charge is 2.12. The average molecular weight is 488 g/mol. The summed E-state index contributed by atoms with van der Waals surface area (Å²) in [5.41, 5.74) is 9.77. The first kappa shape index (κ1) is 26.4. The van der Waals surface area contributed by atoms with Gasteiger partial charge in [0.1, 0.15) is 0 Å². The average Bonchev–Trinajstić information content (AvgIpc) is 3.34. The molecule has 0 spiro atoms. The van der Waals surface area contributed by atoms with Gasteiger partial charge in [0.25, 0.3) is 0 Å². The molecule has 0 aliphatic carbocycles. The molecule has 3 rings (SSSR count). The first-order valence-corrected chi connectivity index (χ1v) is 12.7. The highest BCUT2D eigenvalue weighted by atomic mass is 32.1. The van der Waals surface area contributed by atoms with Gasteiger partial charge in [-0.25, -0.2) is 0 Å². The maximum atomic E-state index is 4.72. The zero-order chi connectivity index (χ0) is 25.4. The van der Waals surface area contributed by atoms with E-state index in [9.17, 15) is 0 Å². The van der Waals surface area contributed by atoms with Crippen LogP contribution in [0.2, 0.25) is 0 Å². The van der Waals surface area contributed by atoms with E-state index in [2.05, 4.69) is 98.3 Å². The molecular formula is C29H37N5S. The lowest BCUT2D eigenvalue weighted by Gasteiger charge is -2.26. The molecule has 0 fully saturated rings. The van der Waals surface area contributed by atoms with E-state index < -0.39 is 0 Å². The fourth-order valence-corrected chi connectivity index (χ4v) is 4.08. The number of aryl methyl sites for hydroxylation is 3. The smallest absolute Gasteiger partial charge is 0.0799 e. The molecule has 3 aromatic rings. The van der Waals surface area contributed by atoms with Crippen LogP contribution in [0.3, 0.4) is 0 Å². The van der Waals surface area contributed by atoms with Crippen molar-refractivity contribution < 1.29 is 0 Å². The Bertz CT molecular complexity index is 1190. The number of aliphatic imine (C=N–C) groups is 1. The van der Waals surface area contributed by atoms with Crippen LogP contribution in [-0.4, -0.2) is 35.3 Å². The molecule has 1 N–H and O–H groups in total. The van der Waals surface area contributed by atoms with E-state index in [4.69, 9.17) is 4.99 Å². The quantitative estimate of drug-likeness (QED) is 0.225. The Hall–Kier alpha value is -3.25. The molecule has 0 amide bonds. The normalized spacial score (nSPS) is 11.1. The summed E-state index contributed by atoms with van der Waals surface area (Å²) in [5, 5.41) is 7.42. The molecule has 0 aliphatic heterocycles. The summed E-state index contributed by atoms with van der Waals surface area (Å²) in [6.07, 6.45) is 7.61. The molecule has 1 heterocycles. The van der Waals surface area contributed by atoms with Crippen molar-refractivity contribution in [2.75, 3.05) is 24.2 Å². The van der Waals surface area contributed by atoms with Crippen molar-refractivity contribution in [3.05, 3.63) is 89.9 Å². The number of rotatable bonds is 12. The largest absolute Gasteiger partial charge is 0.390 e. The van der Waals surface area contributed by atoms with Crippen molar-refractivity contribution in [1.29, 1.82) is 0 Å². The Labute approximate surface area is 215 Å². The number of hydrogen-bond donors (Lipinski definition) is 2. The van der Waals surface area contributed by atoms with Crippen LogP contribution in [0.4, 0.5) is 17.1 Å². The molecule has 0 atom stereocenters. The van der Waals surface area contributed by atoms with Gasteiger partial charge in [0, 0.05) is 54.4 Å². The third-order valence-electron chi connectivity index (χ3n) is 6.05. The molecular weight excluding hydrogens is 450 g/mol. The summed E-state index contributed by atoms with van der Waals surface area (Å²) in [6, 6.07) is 13.3. The molecule has 2 aromatic carbocycles. The van der Waals surface area contributed by atoms with Crippen molar-refractivity contribution in [2.45, 2.75) is 40.2 Å². The molecule has 35 heavy (non-hydrogen) atoms. The van der Waals surface area contributed by atoms with E-state index in [1.807, 2.05) is 17.9 Å². The van der Waals surface area contributed by atoms with E-state index in [0.29, 0.717) is 6.54 Å². The van der Waals surface area contributed by atoms with E-state index in [-0.39, 0.29) is 0 Å². The Morgan fingerprint density at radius 3 is 2.43 bits per heavy atom. The number of allylic oxidation sites excluding steroid dienone is 2. The molecule has 0 aliphatic rings. The van der Waals surface area contributed by atoms with E-state index >= 15 is 0 Å². The van der Waals surface area contributed by atoms with Crippen molar-refractivity contribution >= 4 is 41.5 Å². The van der Waals surface area contributed by atoms with Crippen LogP contribution < -0.4 is 10.2 Å². The SMILES string of the molecule is C=C(Cn1cc(C(=C)/C=N\c2ccc(N(CCS)c3cc(CC)cc(CC)c3)cc2C)cn1)NC. The molecule has 0 unspecified atom stereocenters. The Kier molecular flexibility index (Phi) is 9.38. The van der Waals surface area contributed by atoms with Gasteiger partial charge in [-0.15, -0.1) is 0 Å². The minimum atomic E-state index is 0.616. The summed E-state index contributed by atoms with van der Waals surface area (Å²) in [5.74, 6) is 0.770. The van der Waals surface area contributed by atoms with Crippen LogP contribution in [-0.2, 0) is 19.4 Å². The third kappa shape index (κ3) is 6.89. The maximum Gasteiger partial charge on any atom is 0.0799 e. The number of nitrogens with one attached hydrogen (secondary N) is 1. The Morgan fingerprint density at radius 1 is 1.11 bits per heavy atom. The monoisotopic (exact) mass is 487 g/mol. The first-order chi connectivity index (χ1) is 16.9. The second kappa shape index (κ2) is 12.5. The summed E-state index contributed by atoms with van der Waals surface area (Å²) < 4.78 is 1.83. The number of aromatic nitrogens is 2. The lowest BCUT2D eigenvalue weighted by Crippen LogP contribution is -2.20. The predicted octanol–water partition coefficient (Wildman–Crippen LogP) is 6.53. The molecule has 5 nitrogen and oxygen atoms in total. The summed E-state index contributed by atoms with van der Waals surface area (Å²) in [7, 11) is 1.86. The van der Waals surface area contributed by atoms with Gasteiger partial charge in [-0.2, -0.15) is 17.7 Å². The van der Waals surface area contributed by atoms with Gasteiger partial charge in [-0.3, -0.25) is 9.67 Å². The summed E-state index contributed by atoms with van der Waals surface area (Å²) in [6.45, 7) is 16.1.